The van der Waals surface area contributed by atoms with E-state index in [9.17, 15) is 9.59 Å². The maximum atomic E-state index is 13.7. The Morgan fingerprint density at radius 2 is 1.82 bits per heavy atom. The van der Waals surface area contributed by atoms with Gasteiger partial charge in [0, 0.05) is 35.2 Å². The molecule has 1 atom stereocenters. The molecule has 1 unspecified atom stereocenters. The number of carbonyl (C=O) groups is 2. The largest absolute Gasteiger partial charge is 0.452 e. The molecule has 7 nitrogen and oxygen atoms in total. The summed E-state index contributed by atoms with van der Waals surface area (Å²) in [6.45, 7) is 2.71. The van der Waals surface area contributed by atoms with E-state index in [4.69, 9.17) is 4.74 Å². The predicted molar refractivity (Wildman–Crippen MR) is 135 cm³/mol. The number of fused-ring (bicyclic) bond motifs is 2. The Labute approximate surface area is 197 Å². The number of carbonyl (C=O) groups excluding carboxylic acids is 2. The van der Waals surface area contributed by atoms with Crippen molar-refractivity contribution in [2.24, 2.45) is 0 Å². The van der Waals surface area contributed by atoms with Crippen molar-refractivity contribution in [1.82, 2.24) is 4.98 Å². The van der Waals surface area contributed by atoms with Crippen LogP contribution in [0.4, 0.5) is 27.5 Å². The molecule has 0 spiro atoms. The molecule has 3 aromatic carbocycles. The van der Waals surface area contributed by atoms with Gasteiger partial charge in [0.2, 0.25) is 0 Å². The normalized spacial score (nSPS) is 15.2. The van der Waals surface area contributed by atoms with Crippen molar-refractivity contribution in [3.63, 3.8) is 0 Å². The van der Waals surface area contributed by atoms with E-state index in [0.29, 0.717) is 23.5 Å². The van der Waals surface area contributed by atoms with Gasteiger partial charge in [0.25, 0.3) is 5.91 Å². The Morgan fingerprint density at radius 1 is 1.00 bits per heavy atom. The first kappa shape index (κ1) is 21.6. The maximum Gasteiger partial charge on any atom is 0.418 e. The predicted octanol–water partition coefficient (Wildman–Crippen LogP) is 5.92. The zero-order chi connectivity index (χ0) is 23.7. The molecule has 1 aromatic heterocycles. The number of hydrogen-bond acceptors (Lipinski definition) is 4. The van der Waals surface area contributed by atoms with Crippen molar-refractivity contribution >= 4 is 45.7 Å². The SMILES string of the molecule is COC(=O)N(c1cccc(C(=O)N2CCC(C)Nc3ccccc32)c1)c1ccc2[nH]ccc2c1. The standard InChI is InChI=1S/C27H26N4O3/c1-18-13-15-30(25-9-4-3-8-24(25)29-18)26(32)20-6-5-7-21(17-20)31(27(33)34-2)22-10-11-23-19(16-22)12-14-28-23/h3-12,14,16-18,28-29H,13,15H2,1-2H3. The van der Waals surface area contributed by atoms with E-state index < -0.39 is 6.09 Å². The van der Waals surface area contributed by atoms with Crippen LogP contribution in [-0.4, -0.2) is 36.7 Å². The summed E-state index contributed by atoms with van der Waals surface area (Å²) in [7, 11) is 1.35. The molecule has 2 amide bonds. The second-order valence-electron chi connectivity index (χ2n) is 8.41. The summed E-state index contributed by atoms with van der Waals surface area (Å²) in [6, 6.07) is 22.8. The molecule has 0 fully saturated rings. The zero-order valence-electron chi connectivity index (χ0n) is 19.1. The smallest absolute Gasteiger partial charge is 0.418 e. The van der Waals surface area contributed by atoms with Crippen molar-refractivity contribution in [1.29, 1.82) is 0 Å². The Balaban J connectivity index is 1.53. The van der Waals surface area contributed by atoms with E-state index in [2.05, 4.69) is 17.2 Å². The quantitative estimate of drug-likeness (QED) is 0.403. The molecule has 0 bridgehead atoms. The van der Waals surface area contributed by atoms with E-state index in [1.165, 1.54) is 12.0 Å². The lowest BCUT2D eigenvalue weighted by molar-refractivity contribution is 0.0987. The number of methoxy groups -OCH3 is 1. The van der Waals surface area contributed by atoms with Gasteiger partial charge in [-0.2, -0.15) is 0 Å². The number of nitrogens with zero attached hydrogens (tertiary/aromatic N) is 2. The van der Waals surface area contributed by atoms with E-state index in [1.54, 1.807) is 29.2 Å². The molecule has 0 aliphatic carbocycles. The molecular formula is C27H26N4O3. The fourth-order valence-corrected chi connectivity index (χ4v) is 4.39. The van der Waals surface area contributed by atoms with Gasteiger partial charge in [0.1, 0.15) is 0 Å². The summed E-state index contributed by atoms with van der Waals surface area (Å²) < 4.78 is 5.08. The summed E-state index contributed by atoms with van der Waals surface area (Å²) in [5.74, 6) is -0.115. The summed E-state index contributed by atoms with van der Waals surface area (Å²) in [5.41, 5.74) is 4.47. The van der Waals surface area contributed by atoms with Crippen LogP contribution in [0.2, 0.25) is 0 Å². The number of benzene rings is 3. The summed E-state index contributed by atoms with van der Waals surface area (Å²) in [5, 5.41) is 4.45. The number of aromatic amines is 1. The minimum Gasteiger partial charge on any atom is -0.452 e. The third-order valence-corrected chi connectivity index (χ3v) is 6.13. The van der Waals surface area contributed by atoms with Gasteiger partial charge in [-0.3, -0.25) is 4.79 Å². The lowest BCUT2D eigenvalue weighted by atomic mass is 10.1. The number of ether oxygens (including phenoxy) is 1. The number of aromatic nitrogens is 1. The van der Waals surface area contributed by atoms with Gasteiger partial charge in [-0.05, 0) is 67.9 Å². The molecule has 0 radical (unpaired) electrons. The lowest BCUT2D eigenvalue weighted by Gasteiger charge is -2.24. The van der Waals surface area contributed by atoms with Crippen LogP contribution in [0.25, 0.3) is 10.9 Å². The van der Waals surface area contributed by atoms with E-state index in [1.807, 2.05) is 54.7 Å². The highest BCUT2D eigenvalue weighted by atomic mass is 16.5. The zero-order valence-corrected chi connectivity index (χ0v) is 19.1. The minimum atomic E-state index is -0.530. The summed E-state index contributed by atoms with van der Waals surface area (Å²) in [4.78, 5) is 32.9. The first-order chi connectivity index (χ1) is 16.5. The van der Waals surface area contributed by atoms with Gasteiger partial charge in [0.05, 0.1) is 29.9 Å². The highest BCUT2D eigenvalue weighted by molar-refractivity contribution is 6.09. The highest BCUT2D eigenvalue weighted by Gasteiger charge is 2.26. The van der Waals surface area contributed by atoms with Gasteiger partial charge in [-0.25, -0.2) is 9.69 Å². The van der Waals surface area contributed by atoms with Crippen LogP contribution in [0, 0.1) is 0 Å². The lowest BCUT2D eigenvalue weighted by Crippen LogP contribution is -2.32. The van der Waals surface area contributed by atoms with Crippen LogP contribution < -0.4 is 15.1 Å². The number of H-pyrrole nitrogens is 1. The minimum absolute atomic E-state index is 0.115. The maximum absolute atomic E-state index is 13.7. The number of anilines is 4. The molecule has 34 heavy (non-hydrogen) atoms. The molecule has 1 aliphatic rings. The molecular weight excluding hydrogens is 428 g/mol. The van der Waals surface area contributed by atoms with Crippen molar-refractivity contribution in [3.05, 3.63) is 84.6 Å². The number of para-hydroxylation sites is 2. The van der Waals surface area contributed by atoms with Crippen molar-refractivity contribution in [2.75, 3.05) is 28.8 Å². The van der Waals surface area contributed by atoms with Gasteiger partial charge in [0.15, 0.2) is 0 Å². The van der Waals surface area contributed by atoms with Crippen LogP contribution in [0.1, 0.15) is 23.7 Å². The highest BCUT2D eigenvalue weighted by Crippen LogP contribution is 2.33. The molecule has 1 aliphatic heterocycles. The molecule has 2 N–H and O–H groups in total. The molecule has 0 saturated carbocycles. The molecule has 0 saturated heterocycles. The van der Waals surface area contributed by atoms with Crippen molar-refractivity contribution in [2.45, 2.75) is 19.4 Å². The second kappa shape index (κ2) is 8.94. The first-order valence-corrected chi connectivity index (χ1v) is 11.3. The number of rotatable bonds is 3. The molecule has 4 aromatic rings. The monoisotopic (exact) mass is 454 g/mol. The number of nitrogens with one attached hydrogen (secondary N) is 2. The Bertz CT molecular complexity index is 1360. The van der Waals surface area contributed by atoms with Gasteiger partial charge >= 0.3 is 6.09 Å². The molecule has 2 heterocycles. The Hall–Kier alpha value is -4.26. The van der Waals surface area contributed by atoms with E-state index in [0.717, 1.165) is 28.7 Å². The van der Waals surface area contributed by atoms with Crippen LogP contribution in [0.3, 0.4) is 0 Å². The van der Waals surface area contributed by atoms with E-state index >= 15 is 0 Å². The fraction of sp³-hybridized carbons (Fsp3) is 0.185. The van der Waals surface area contributed by atoms with Gasteiger partial charge in [-0.1, -0.05) is 18.2 Å². The van der Waals surface area contributed by atoms with Crippen LogP contribution in [0.15, 0.2) is 79.0 Å². The summed E-state index contributed by atoms with van der Waals surface area (Å²) >= 11 is 0. The Morgan fingerprint density at radius 3 is 2.68 bits per heavy atom. The Kier molecular flexibility index (Phi) is 5.67. The molecule has 172 valence electrons. The summed E-state index contributed by atoms with van der Waals surface area (Å²) in [6.07, 6.45) is 2.15. The number of amides is 2. The van der Waals surface area contributed by atoms with Gasteiger partial charge < -0.3 is 19.9 Å². The third-order valence-electron chi connectivity index (χ3n) is 6.13. The average molecular weight is 455 g/mol. The van der Waals surface area contributed by atoms with Gasteiger partial charge in [-0.15, -0.1) is 0 Å². The van der Waals surface area contributed by atoms with Crippen molar-refractivity contribution in [3.8, 4) is 0 Å². The topological polar surface area (TPSA) is 77.7 Å². The van der Waals surface area contributed by atoms with Crippen LogP contribution >= 0.6 is 0 Å². The molecule has 5 rings (SSSR count). The fourth-order valence-electron chi connectivity index (χ4n) is 4.39. The van der Waals surface area contributed by atoms with E-state index in [-0.39, 0.29) is 11.9 Å². The van der Waals surface area contributed by atoms with Crippen LogP contribution in [-0.2, 0) is 4.74 Å². The van der Waals surface area contributed by atoms with Crippen molar-refractivity contribution < 1.29 is 14.3 Å². The average Bonchev–Trinajstić information content (AvgIpc) is 3.26. The second-order valence-corrected chi connectivity index (χ2v) is 8.41. The van der Waals surface area contributed by atoms with Crippen LogP contribution in [0.5, 0.6) is 0 Å². The number of hydrogen-bond donors (Lipinski definition) is 2. The first-order valence-electron chi connectivity index (χ1n) is 11.3. The molecule has 7 heteroatoms. The third kappa shape index (κ3) is 3.96.